The minimum absolute atomic E-state index is 0.295. The average Bonchev–Trinajstić information content (AvgIpc) is 2.58. The Balaban J connectivity index is 2.10. The molecule has 0 spiro atoms. The highest BCUT2D eigenvalue weighted by Gasteiger charge is 2.06. The van der Waals surface area contributed by atoms with Crippen molar-refractivity contribution in [3.63, 3.8) is 0 Å². The Labute approximate surface area is 99.6 Å². The van der Waals surface area contributed by atoms with E-state index in [0.29, 0.717) is 24.4 Å². The van der Waals surface area contributed by atoms with Gasteiger partial charge < -0.3 is 14.8 Å². The van der Waals surface area contributed by atoms with Crippen molar-refractivity contribution in [2.24, 2.45) is 0 Å². The summed E-state index contributed by atoms with van der Waals surface area (Å²) in [6.07, 6.45) is -0.600. The van der Waals surface area contributed by atoms with Crippen LogP contribution in [0.2, 0.25) is 0 Å². The van der Waals surface area contributed by atoms with E-state index in [0.717, 1.165) is 9.99 Å². The zero-order valence-corrected chi connectivity index (χ0v) is 9.82. The second-order valence-electron chi connectivity index (χ2n) is 3.20. The van der Waals surface area contributed by atoms with E-state index in [1.54, 1.807) is 0 Å². The summed E-state index contributed by atoms with van der Waals surface area (Å²) in [5, 5.41) is 10.7. The number of aromatic nitrogens is 1. The fourth-order valence-electron chi connectivity index (χ4n) is 1.33. The molecular weight excluding hydrogens is 276 g/mol. The van der Waals surface area contributed by atoms with Gasteiger partial charge in [0.25, 0.3) is 0 Å². The second kappa shape index (κ2) is 4.52. The van der Waals surface area contributed by atoms with Gasteiger partial charge in [0.2, 0.25) is 0 Å². The first-order chi connectivity index (χ1) is 7.65. The smallest absolute Gasteiger partial charge is 0.404 e. The summed E-state index contributed by atoms with van der Waals surface area (Å²) in [7, 11) is 0. The molecule has 2 N–H and O–H groups in total. The highest BCUT2D eigenvalue weighted by atomic mass is 79.9. The number of hydrogen-bond acceptors (Lipinski definition) is 3. The average molecular weight is 285 g/mol. The fraction of sp³-hybridized carbons (Fsp3) is 0.200. The van der Waals surface area contributed by atoms with E-state index in [9.17, 15) is 4.79 Å². The van der Waals surface area contributed by atoms with E-state index < -0.39 is 6.09 Å². The number of benzene rings is 1. The number of hydrogen-bond donors (Lipinski definition) is 2. The molecule has 16 heavy (non-hydrogen) atoms. The molecule has 0 aliphatic rings. The van der Waals surface area contributed by atoms with Crippen LogP contribution in [0.3, 0.4) is 0 Å². The molecule has 0 saturated carbocycles. The van der Waals surface area contributed by atoms with Crippen LogP contribution in [-0.4, -0.2) is 22.7 Å². The van der Waals surface area contributed by atoms with Crippen LogP contribution in [0.5, 0.6) is 0 Å². The molecule has 1 aromatic carbocycles. The maximum Gasteiger partial charge on any atom is 0.404 e. The zero-order chi connectivity index (χ0) is 11.5. The molecule has 84 valence electrons. The summed E-state index contributed by atoms with van der Waals surface area (Å²) >= 11 is 3.34. The maximum atomic E-state index is 10.2. The lowest BCUT2D eigenvalue weighted by Crippen LogP contribution is -2.23. The standard InChI is InChI=1S/C10H9BrN2O3/c11-6-1-2-7-8(5-6)16-9(13-7)3-4-12-10(14)15/h1-2,5,12H,3-4H2,(H,14,15). The molecule has 0 radical (unpaired) electrons. The fourth-order valence-corrected chi connectivity index (χ4v) is 1.67. The second-order valence-corrected chi connectivity index (χ2v) is 4.12. The van der Waals surface area contributed by atoms with Crippen LogP contribution >= 0.6 is 15.9 Å². The Kier molecular flexibility index (Phi) is 3.09. The van der Waals surface area contributed by atoms with Crippen LogP contribution in [0.25, 0.3) is 11.1 Å². The first-order valence-corrected chi connectivity index (χ1v) is 5.46. The largest absolute Gasteiger partial charge is 0.465 e. The molecule has 0 bridgehead atoms. The number of oxazole rings is 1. The van der Waals surface area contributed by atoms with Gasteiger partial charge in [-0.05, 0) is 18.2 Å². The van der Waals surface area contributed by atoms with Gasteiger partial charge in [-0.3, -0.25) is 0 Å². The van der Waals surface area contributed by atoms with Crippen molar-refractivity contribution in [2.45, 2.75) is 6.42 Å². The number of rotatable bonds is 3. The first kappa shape index (κ1) is 10.9. The van der Waals surface area contributed by atoms with E-state index in [2.05, 4.69) is 26.2 Å². The lowest BCUT2D eigenvalue weighted by Gasteiger charge is -1.95. The highest BCUT2D eigenvalue weighted by Crippen LogP contribution is 2.20. The Morgan fingerprint density at radius 2 is 2.38 bits per heavy atom. The molecule has 0 aliphatic heterocycles. The minimum Gasteiger partial charge on any atom is -0.465 e. The summed E-state index contributed by atoms with van der Waals surface area (Å²) in [5.74, 6) is 0.529. The molecule has 2 aromatic rings. The predicted molar refractivity (Wildman–Crippen MR) is 61.4 cm³/mol. The van der Waals surface area contributed by atoms with Gasteiger partial charge in [-0.25, -0.2) is 9.78 Å². The van der Waals surface area contributed by atoms with Crippen molar-refractivity contribution in [3.8, 4) is 0 Å². The highest BCUT2D eigenvalue weighted by molar-refractivity contribution is 9.10. The molecule has 0 aliphatic carbocycles. The molecule has 0 atom stereocenters. The lowest BCUT2D eigenvalue weighted by atomic mass is 10.3. The molecule has 1 heterocycles. The number of carbonyl (C=O) groups is 1. The van der Waals surface area contributed by atoms with Crippen LogP contribution in [-0.2, 0) is 6.42 Å². The number of halogens is 1. The van der Waals surface area contributed by atoms with Crippen molar-refractivity contribution in [2.75, 3.05) is 6.54 Å². The minimum atomic E-state index is -1.04. The number of nitrogens with zero attached hydrogens (tertiary/aromatic N) is 1. The van der Waals surface area contributed by atoms with Crippen LogP contribution < -0.4 is 5.32 Å². The third-order valence-corrected chi connectivity index (χ3v) is 2.50. The SMILES string of the molecule is O=C(O)NCCc1nc2ccc(Br)cc2o1. The van der Waals surface area contributed by atoms with Crippen molar-refractivity contribution in [1.82, 2.24) is 10.3 Å². The van der Waals surface area contributed by atoms with Gasteiger partial charge in [0.15, 0.2) is 11.5 Å². The number of amides is 1. The van der Waals surface area contributed by atoms with Gasteiger partial charge in [-0.1, -0.05) is 15.9 Å². The van der Waals surface area contributed by atoms with Gasteiger partial charge in [-0.2, -0.15) is 0 Å². The Morgan fingerprint density at radius 3 is 3.12 bits per heavy atom. The summed E-state index contributed by atoms with van der Waals surface area (Å²) in [6, 6.07) is 5.55. The number of carboxylic acid groups (broad SMARTS) is 1. The zero-order valence-electron chi connectivity index (χ0n) is 8.24. The van der Waals surface area contributed by atoms with E-state index in [4.69, 9.17) is 9.52 Å². The van der Waals surface area contributed by atoms with Crippen LogP contribution in [0.4, 0.5) is 4.79 Å². The molecule has 0 fully saturated rings. The Bertz CT molecular complexity index is 524. The van der Waals surface area contributed by atoms with Gasteiger partial charge in [0.05, 0.1) is 0 Å². The topological polar surface area (TPSA) is 75.4 Å². The summed E-state index contributed by atoms with van der Waals surface area (Å²) in [5.41, 5.74) is 1.47. The van der Waals surface area contributed by atoms with Gasteiger partial charge >= 0.3 is 6.09 Å². The van der Waals surface area contributed by atoms with Crippen molar-refractivity contribution in [1.29, 1.82) is 0 Å². The van der Waals surface area contributed by atoms with Crippen molar-refractivity contribution < 1.29 is 14.3 Å². The summed E-state index contributed by atoms with van der Waals surface area (Å²) in [6.45, 7) is 0.295. The van der Waals surface area contributed by atoms with E-state index in [1.165, 1.54) is 0 Å². The van der Waals surface area contributed by atoms with Gasteiger partial charge in [0, 0.05) is 17.4 Å². The van der Waals surface area contributed by atoms with Crippen LogP contribution in [0.15, 0.2) is 27.1 Å². The Morgan fingerprint density at radius 1 is 1.56 bits per heavy atom. The Hall–Kier alpha value is -1.56. The normalized spacial score (nSPS) is 10.6. The third-order valence-electron chi connectivity index (χ3n) is 2.01. The lowest BCUT2D eigenvalue weighted by molar-refractivity contribution is 0.194. The molecule has 1 amide bonds. The van der Waals surface area contributed by atoms with Crippen LogP contribution in [0.1, 0.15) is 5.89 Å². The first-order valence-electron chi connectivity index (χ1n) is 4.67. The van der Waals surface area contributed by atoms with Gasteiger partial charge in [-0.15, -0.1) is 0 Å². The molecule has 5 nitrogen and oxygen atoms in total. The molecule has 0 saturated heterocycles. The summed E-state index contributed by atoms with van der Waals surface area (Å²) in [4.78, 5) is 14.5. The summed E-state index contributed by atoms with van der Waals surface area (Å²) < 4.78 is 6.38. The molecular formula is C10H9BrN2O3. The number of nitrogens with one attached hydrogen (secondary N) is 1. The van der Waals surface area contributed by atoms with E-state index in [1.807, 2.05) is 18.2 Å². The molecule has 2 rings (SSSR count). The van der Waals surface area contributed by atoms with Crippen molar-refractivity contribution >= 4 is 33.1 Å². The predicted octanol–water partition coefficient (Wildman–Crippen LogP) is 2.40. The maximum absolute atomic E-state index is 10.2. The molecule has 0 unspecified atom stereocenters. The van der Waals surface area contributed by atoms with Crippen molar-refractivity contribution in [3.05, 3.63) is 28.6 Å². The molecule has 1 aromatic heterocycles. The van der Waals surface area contributed by atoms with E-state index in [-0.39, 0.29) is 0 Å². The molecule has 6 heteroatoms. The third kappa shape index (κ3) is 2.52. The number of fused-ring (bicyclic) bond motifs is 1. The van der Waals surface area contributed by atoms with E-state index >= 15 is 0 Å². The quantitative estimate of drug-likeness (QED) is 0.908. The van der Waals surface area contributed by atoms with Gasteiger partial charge in [0.1, 0.15) is 5.52 Å². The monoisotopic (exact) mass is 284 g/mol. The van der Waals surface area contributed by atoms with Crippen LogP contribution in [0, 0.1) is 0 Å².